The molecule has 252 valence electrons. The molecule has 0 spiro atoms. The van der Waals surface area contributed by atoms with Gasteiger partial charge in [0.25, 0.3) is 0 Å². The molecular formula is C32H38N10O4S2. The minimum absolute atomic E-state index is 0.155. The molecule has 2 atom stereocenters. The van der Waals surface area contributed by atoms with Gasteiger partial charge < -0.3 is 29.9 Å². The zero-order chi connectivity index (χ0) is 33.0. The quantitative estimate of drug-likeness (QED) is 0.223. The van der Waals surface area contributed by atoms with Crippen LogP contribution in [-0.4, -0.2) is 94.8 Å². The van der Waals surface area contributed by atoms with Crippen molar-refractivity contribution in [3.63, 3.8) is 0 Å². The van der Waals surface area contributed by atoms with Crippen LogP contribution in [0.5, 0.6) is 0 Å². The SMILES string of the molecule is COC1CN(c2cccc(CC(=O)Nc3nnc(C4CCCC(c5nnc(NC(=O)Cc6cccc(N7CC(OC)C7)n6)s5)C4)s3)n2)C1. The minimum atomic E-state index is -0.175. The van der Waals surface area contributed by atoms with E-state index in [4.69, 9.17) is 9.47 Å². The molecule has 6 heterocycles. The lowest BCUT2D eigenvalue weighted by atomic mass is 9.82. The molecule has 0 radical (unpaired) electrons. The predicted molar refractivity (Wildman–Crippen MR) is 183 cm³/mol. The summed E-state index contributed by atoms with van der Waals surface area (Å²) in [7, 11) is 3.43. The van der Waals surface area contributed by atoms with Crippen molar-refractivity contribution >= 4 is 56.4 Å². The standard InChI is InChI=1S/C32H38N10O4S2/c1-45-23-15-41(16-23)25-10-4-8-21(33-25)13-27(43)35-31-39-37-29(47-31)19-6-3-7-20(12-19)30-38-40-32(48-30)36-28(44)14-22-9-5-11-26(34-22)42-17-24(18-42)46-2/h4-5,8-11,19-20,23-24H,3,6-7,12-18H2,1-2H3,(H,35,39,43)(H,36,40,44). The van der Waals surface area contributed by atoms with Gasteiger partial charge in [-0.15, -0.1) is 20.4 Å². The van der Waals surface area contributed by atoms with Gasteiger partial charge in [0.1, 0.15) is 21.7 Å². The van der Waals surface area contributed by atoms with Gasteiger partial charge in [0.2, 0.25) is 22.1 Å². The molecule has 4 aromatic rings. The van der Waals surface area contributed by atoms with Crippen LogP contribution in [0.4, 0.5) is 21.9 Å². The van der Waals surface area contributed by atoms with Gasteiger partial charge in [-0.25, -0.2) is 9.97 Å². The monoisotopic (exact) mass is 690 g/mol. The van der Waals surface area contributed by atoms with E-state index < -0.39 is 0 Å². The zero-order valence-corrected chi connectivity index (χ0v) is 28.5. The maximum absolute atomic E-state index is 12.8. The number of rotatable bonds is 12. The fourth-order valence-corrected chi connectivity index (χ4v) is 8.04. The highest BCUT2D eigenvalue weighted by Crippen LogP contribution is 2.43. The molecule has 0 bridgehead atoms. The van der Waals surface area contributed by atoms with Gasteiger partial charge in [0.15, 0.2) is 0 Å². The summed E-state index contributed by atoms with van der Waals surface area (Å²) >= 11 is 2.84. The number of nitrogens with zero attached hydrogens (tertiary/aromatic N) is 8. The number of hydrogen-bond acceptors (Lipinski definition) is 14. The van der Waals surface area contributed by atoms with Crippen LogP contribution in [0.3, 0.4) is 0 Å². The molecule has 2 saturated heterocycles. The maximum Gasteiger partial charge on any atom is 0.232 e. The number of aromatic nitrogens is 6. The van der Waals surface area contributed by atoms with Crippen molar-refractivity contribution in [1.29, 1.82) is 0 Å². The smallest absolute Gasteiger partial charge is 0.232 e. The van der Waals surface area contributed by atoms with Gasteiger partial charge >= 0.3 is 0 Å². The molecule has 1 aliphatic carbocycles. The molecule has 2 N–H and O–H groups in total. The number of hydrogen-bond donors (Lipinski definition) is 2. The third-order valence-corrected chi connectivity index (χ3v) is 11.0. The number of nitrogens with one attached hydrogen (secondary N) is 2. The number of pyridine rings is 2. The first kappa shape index (κ1) is 32.4. The topological polar surface area (TPSA) is 160 Å². The number of anilines is 4. The molecule has 16 heteroatoms. The van der Waals surface area contributed by atoms with Crippen LogP contribution in [0.25, 0.3) is 0 Å². The lowest BCUT2D eigenvalue weighted by molar-refractivity contribution is -0.116. The maximum atomic E-state index is 12.8. The second kappa shape index (κ2) is 14.6. The normalized spacial score (nSPS) is 19.9. The van der Waals surface area contributed by atoms with Gasteiger partial charge in [0, 0.05) is 52.2 Å². The Labute approximate surface area is 286 Å². The lowest BCUT2D eigenvalue weighted by Gasteiger charge is -2.39. The van der Waals surface area contributed by atoms with E-state index in [-0.39, 0.29) is 48.7 Å². The first-order valence-electron chi connectivity index (χ1n) is 16.2. The first-order chi connectivity index (χ1) is 23.4. The van der Waals surface area contributed by atoms with E-state index in [2.05, 4.69) is 50.8 Å². The molecule has 4 aromatic heterocycles. The first-order valence-corrected chi connectivity index (χ1v) is 17.8. The van der Waals surface area contributed by atoms with E-state index in [9.17, 15) is 9.59 Å². The summed E-state index contributed by atoms with van der Waals surface area (Å²) in [6, 6.07) is 11.5. The Morgan fingerprint density at radius 2 is 1.19 bits per heavy atom. The van der Waals surface area contributed by atoms with Crippen molar-refractivity contribution in [3.05, 3.63) is 57.8 Å². The molecule has 1 saturated carbocycles. The summed E-state index contributed by atoms with van der Waals surface area (Å²) < 4.78 is 10.7. The van der Waals surface area contributed by atoms with Gasteiger partial charge in [-0.05, 0) is 43.5 Å². The summed E-state index contributed by atoms with van der Waals surface area (Å²) in [5.41, 5.74) is 1.40. The number of methoxy groups -OCH3 is 2. The number of carbonyl (C=O) groups excluding carboxylic acids is 2. The molecule has 3 fully saturated rings. The Morgan fingerprint density at radius 1 is 0.729 bits per heavy atom. The van der Waals surface area contributed by atoms with Crippen molar-refractivity contribution in [3.8, 4) is 0 Å². The molecule has 14 nitrogen and oxygen atoms in total. The number of ether oxygens (including phenoxy) is 2. The highest BCUT2D eigenvalue weighted by Gasteiger charge is 2.31. The van der Waals surface area contributed by atoms with E-state index in [0.717, 1.165) is 73.5 Å². The third-order valence-electron chi connectivity index (χ3n) is 9.02. The number of carbonyl (C=O) groups is 2. The summed E-state index contributed by atoms with van der Waals surface area (Å²) in [4.78, 5) is 39.2. The van der Waals surface area contributed by atoms with Crippen LogP contribution >= 0.6 is 22.7 Å². The van der Waals surface area contributed by atoms with Gasteiger partial charge in [-0.2, -0.15) is 0 Å². The van der Waals surface area contributed by atoms with Crippen molar-refractivity contribution in [2.24, 2.45) is 0 Å². The van der Waals surface area contributed by atoms with Gasteiger partial charge in [0.05, 0.1) is 36.4 Å². The fraction of sp³-hybridized carbons (Fsp3) is 0.500. The molecule has 0 aromatic carbocycles. The van der Waals surface area contributed by atoms with E-state index in [1.54, 1.807) is 14.2 Å². The largest absolute Gasteiger partial charge is 0.378 e. The summed E-state index contributed by atoms with van der Waals surface area (Å²) in [5, 5.41) is 26.0. The highest BCUT2D eigenvalue weighted by molar-refractivity contribution is 7.15. The van der Waals surface area contributed by atoms with E-state index in [0.29, 0.717) is 21.7 Å². The summed E-state index contributed by atoms with van der Waals surface area (Å²) in [6.45, 7) is 3.20. The number of amides is 2. The van der Waals surface area contributed by atoms with Crippen molar-refractivity contribution in [2.45, 2.75) is 62.6 Å². The molecule has 2 amide bonds. The van der Waals surface area contributed by atoms with Crippen LogP contribution in [0.1, 0.15) is 58.9 Å². The molecule has 7 rings (SSSR count). The van der Waals surface area contributed by atoms with Crippen molar-refractivity contribution in [2.75, 3.05) is 60.8 Å². The minimum Gasteiger partial charge on any atom is -0.378 e. The van der Waals surface area contributed by atoms with E-state index >= 15 is 0 Å². The van der Waals surface area contributed by atoms with Crippen LogP contribution in [0.2, 0.25) is 0 Å². The lowest BCUT2D eigenvalue weighted by Crippen LogP contribution is -2.52. The molecular weight excluding hydrogens is 653 g/mol. The van der Waals surface area contributed by atoms with E-state index in [1.165, 1.54) is 22.7 Å². The highest BCUT2D eigenvalue weighted by atomic mass is 32.1. The van der Waals surface area contributed by atoms with Crippen LogP contribution in [0.15, 0.2) is 36.4 Å². The van der Waals surface area contributed by atoms with Gasteiger partial charge in [-0.1, -0.05) is 41.2 Å². The Hall–Kier alpha value is -4.12. The molecule has 3 aliphatic rings. The molecule has 48 heavy (non-hydrogen) atoms. The Bertz CT molecular complexity index is 1610. The second-order valence-corrected chi connectivity index (χ2v) is 14.4. The summed E-state index contributed by atoms with van der Waals surface area (Å²) in [5.74, 6) is 1.78. The van der Waals surface area contributed by atoms with E-state index in [1.807, 2.05) is 36.4 Å². The second-order valence-electron chi connectivity index (χ2n) is 12.4. The predicted octanol–water partition coefficient (Wildman–Crippen LogP) is 3.65. The third kappa shape index (κ3) is 7.61. The van der Waals surface area contributed by atoms with Crippen LogP contribution in [0, 0.1) is 0 Å². The fourth-order valence-electron chi connectivity index (χ4n) is 6.23. The Balaban J connectivity index is 0.893. The molecule has 2 aliphatic heterocycles. The van der Waals surface area contributed by atoms with Crippen molar-refractivity contribution < 1.29 is 19.1 Å². The van der Waals surface area contributed by atoms with Crippen LogP contribution in [-0.2, 0) is 31.9 Å². The Kier molecular flexibility index (Phi) is 9.83. The summed E-state index contributed by atoms with van der Waals surface area (Å²) in [6.07, 6.45) is 4.64. The average Bonchev–Trinajstić information content (AvgIpc) is 3.70. The zero-order valence-electron chi connectivity index (χ0n) is 26.9. The Morgan fingerprint density at radius 3 is 1.62 bits per heavy atom. The molecule has 2 unspecified atom stereocenters. The average molecular weight is 691 g/mol. The van der Waals surface area contributed by atoms with Crippen molar-refractivity contribution in [1.82, 2.24) is 30.4 Å². The van der Waals surface area contributed by atoms with Gasteiger partial charge in [-0.3, -0.25) is 9.59 Å². The van der Waals surface area contributed by atoms with Crippen LogP contribution < -0.4 is 20.4 Å².